The van der Waals surface area contributed by atoms with Crippen molar-refractivity contribution < 1.29 is 14.6 Å². The van der Waals surface area contributed by atoms with Gasteiger partial charge in [-0.25, -0.2) is 0 Å². The molecule has 2 fully saturated rings. The number of morpholine rings is 1. The molecular weight excluding hydrogens is 304 g/mol. The summed E-state index contributed by atoms with van der Waals surface area (Å²) in [6, 6.07) is 6.98. The van der Waals surface area contributed by atoms with E-state index in [0.29, 0.717) is 6.42 Å². The maximum atomic E-state index is 12.7. The van der Waals surface area contributed by atoms with Crippen molar-refractivity contribution in [1.82, 2.24) is 10.2 Å². The Bertz CT molecular complexity index is 563. The third kappa shape index (κ3) is 3.90. The number of rotatable bonds is 5. The molecule has 1 atom stereocenters. The lowest BCUT2D eigenvalue weighted by Gasteiger charge is -2.43. The molecule has 1 saturated carbocycles. The van der Waals surface area contributed by atoms with Gasteiger partial charge in [-0.15, -0.1) is 0 Å². The van der Waals surface area contributed by atoms with Crippen LogP contribution in [0.5, 0.6) is 5.75 Å². The third-order valence-corrected chi connectivity index (χ3v) is 5.45. The summed E-state index contributed by atoms with van der Waals surface area (Å²) in [5.41, 5.74) is 0.932. The third-order valence-electron chi connectivity index (χ3n) is 5.45. The minimum Gasteiger partial charge on any atom is -0.508 e. The fraction of sp³-hybridized carbons (Fsp3) is 0.632. The van der Waals surface area contributed by atoms with E-state index in [0.717, 1.165) is 44.7 Å². The van der Waals surface area contributed by atoms with Gasteiger partial charge in [-0.3, -0.25) is 9.69 Å². The van der Waals surface area contributed by atoms with E-state index < -0.39 is 0 Å². The molecule has 1 aliphatic carbocycles. The molecule has 1 heterocycles. The molecule has 0 radical (unpaired) electrons. The minimum atomic E-state index is -0.104. The van der Waals surface area contributed by atoms with E-state index in [1.165, 1.54) is 12.8 Å². The van der Waals surface area contributed by atoms with Gasteiger partial charge < -0.3 is 15.2 Å². The second kappa shape index (κ2) is 7.53. The first-order valence-corrected chi connectivity index (χ1v) is 9.00. The molecule has 0 bridgehead atoms. The van der Waals surface area contributed by atoms with Gasteiger partial charge in [0.1, 0.15) is 5.75 Å². The zero-order valence-corrected chi connectivity index (χ0v) is 14.5. The molecule has 0 aromatic heterocycles. The van der Waals surface area contributed by atoms with Gasteiger partial charge in [0.05, 0.1) is 19.3 Å². The average molecular weight is 332 g/mol. The molecule has 2 N–H and O–H groups in total. The van der Waals surface area contributed by atoms with Crippen molar-refractivity contribution in [3.8, 4) is 5.75 Å². The minimum absolute atomic E-state index is 0.00636. The van der Waals surface area contributed by atoms with Crippen LogP contribution in [0.4, 0.5) is 0 Å². The molecule has 1 aromatic rings. The summed E-state index contributed by atoms with van der Waals surface area (Å²) in [6.45, 7) is 5.35. The first kappa shape index (κ1) is 17.2. The van der Waals surface area contributed by atoms with Gasteiger partial charge >= 0.3 is 0 Å². The number of aromatic hydroxyl groups is 1. The van der Waals surface area contributed by atoms with E-state index in [-0.39, 0.29) is 23.2 Å². The second-order valence-corrected chi connectivity index (χ2v) is 7.09. The van der Waals surface area contributed by atoms with Gasteiger partial charge in [-0.2, -0.15) is 0 Å². The molecule has 0 unspecified atom stereocenters. The number of hydrogen-bond acceptors (Lipinski definition) is 4. The molecule has 5 heteroatoms. The van der Waals surface area contributed by atoms with Gasteiger partial charge in [0.25, 0.3) is 0 Å². The standard InChI is InChI=1S/C19H28N2O3/c1-15(16-5-4-6-17(22)13-16)20-18(23)14-19(7-2-3-8-19)21-9-11-24-12-10-21/h4-6,13,15,22H,2-3,7-12,14H2,1H3,(H,20,23)/t15-/m1/s1. The lowest BCUT2D eigenvalue weighted by Crippen LogP contribution is -2.54. The SMILES string of the molecule is C[C@@H](NC(=O)CC1(N2CCOCC2)CCCC1)c1cccc(O)c1. The molecule has 1 aromatic carbocycles. The van der Waals surface area contributed by atoms with Crippen molar-refractivity contribution >= 4 is 5.91 Å². The van der Waals surface area contributed by atoms with Crippen molar-refractivity contribution in [2.24, 2.45) is 0 Å². The quantitative estimate of drug-likeness (QED) is 0.870. The Hall–Kier alpha value is -1.59. The molecule has 24 heavy (non-hydrogen) atoms. The highest BCUT2D eigenvalue weighted by Crippen LogP contribution is 2.38. The van der Waals surface area contributed by atoms with Crippen LogP contribution in [-0.4, -0.2) is 47.8 Å². The summed E-state index contributed by atoms with van der Waals surface area (Å²) in [4.78, 5) is 15.2. The fourth-order valence-electron chi connectivity index (χ4n) is 4.14. The van der Waals surface area contributed by atoms with Crippen molar-refractivity contribution in [1.29, 1.82) is 0 Å². The van der Waals surface area contributed by atoms with Gasteiger partial charge in [0, 0.05) is 25.0 Å². The number of carbonyl (C=O) groups excluding carboxylic acids is 1. The van der Waals surface area contributed by atoms with Crippen LogP contribution < -0.4 is 5.32 Å². The van der Waals surface area contributed by atoms with Gasteiger partial charge in [0.2, 0.25) is 5.91 Å². The van der Waals surface area contributed by atoms with E-state index in [4.69, 9.17) is 4.74 Å². The highest BCUT2D eigenvalue weighted by Gasteiger charge is 2.41. The van der Waals surface area contributed by atoms with Crippen molar-refractivity contribution in [3.63, 3.8) is 0 Å². The van der Waals surface area contributed by atoms with Crippen LogP contribution in [0, 0.1) is 0 Å². The summed E-state index contributed by atoms with van der Waals surface area (Å²) in [5, 5.41) is 12.7. The summed E-state index contributed by atoms with van der Waals surface area (Å²) in [5.74, 6) is 0.327. The maximum absolute atomic E-state index is 12.7. The van der Waals surface area contributed by atoms with Crippen LogP contribution in [0.1, 0.15) is 50.6 Å². The lowest BCUT2D eigenvalue weighted by molar-refractivity contribution is -0.126. The number of phenolic OH excluding ortho intramolecular Hbond substituents is 1. The average Bonchev–Trinajstić information content (AvgIpc) is 3.05. The van der Waals surface area contributed by atoms with E-state index in [1.807, 2.05) is 13.0 Å². The molecule has 132 valence electrons. The van der Waals surface area contributed by atoms with E-state index >= 15 is 0 Å². The summed E-state index contributed by atoms with van der Waals surface area (Å²) < 4.78 is 5.48. The Morgan fingerprint density at radius 2 is 2.04 bits per heavy atom. The van der Waals surface area contributed by atoms with Crippen LogP contribution in [0.25, 0.3) is 0 Å². The van der Waals surface area contributed by atoms with E-state index in [9.17, 15) is 9.90 Å². The number of phenols is 1. The highest BCUT2D eigenvalue weighted by molar-refractivity contribution is 5.77. The number of amides is 1. The molecule has 0 spiro atoms. The molecule has 1 saturated heterocycles. The number of carbonyl (C=O) groups is 1. The Labute approximate surface area is 144 Å². The van der Waals surface area contributed by atoms with Crippen LogP contribution in [0.3, 0.4) is 0 Å². The number of ether oxygens (including phenoxy) is 1. The van der Waals surface area contributed by atoms with Crippen molar-refractivity contribution in [2.75, 3.05) is 26.3 Å². The summed E-state index contributed by atoms with van der Waals surface area (Å²) in [6.07, 6.45) is 5.15. The monoisotopic (exact) mass is 332 g/mol. The van der Waals surface area contributed by atoms with Crippen LogP contribution in [-0.2, 0) is 9.53 Å². The van der Waals surface area contributed by atoms with Crippen LogP contribution in [0.2, 0.25) is 0 Å². The van der Waals surface area contributed by atoms with Gasteiger partial charge in [-0.05, 0) is 37.5 Å². The van der Waals surface area contributed by atoms with Gasteiger partial charge in [-0.1, -0.05) is 25.0 Å². The number of nitrogens with zero attached hydrogens (tertiary/aromatic N) is 1. The lowest BCUT2D eigenvalue weighted by atomic mass is 9.89. The first-order valence-electron chi connectivity index (χ1n) is 9.00. The second-order valence-electron chi connectivity index (χ2n) is 7.09. The van der Waals surface area contributed by atoms with Crippen LogP contribution in [0.15, 0.2) is 24.3 Å². The Kier molecular flexibility index (Phi) is 5.41. The number of nitrogens with one attached hydrogen (secondary N) is 1. The zero-order valence-electron chi connectivity index (χ0n) is 14.5. The molecular formula is C19H28N2O3. The zero-order chi connectivity index (χ0) is 17.0. The predicted molar refractivity (Wildman–Crippen MR) is 92.9 cm³/mol. The molecule has 1 amide bonds. The summed E-state index contributed by atoms with van der Waals surface area (Å²) >= 11 is 0. The Morgan fingerprint density at radius 3 is 2.71 bits per heavy atom. The fourth-order valence-corrected chi connectivity index (χ4v) is 4.14. The Balaban J connectivity index is 1.63. The van der Waals surface area contributed by atoms with E-state index in [1.54, 1.807) is 18.2 Å². The largest absolute Gasteiger partial charge is 0.508 e. The number of benzene rings is 1. The predicted octanol–water partition coefficient (Wildman–Crippen LogP) is 2.60. The van der Waals surface area contributed by atoms with Crippen LogP contribution >= 0.6 is 0 Å². The van der Waals surface area contributed by atoms with Gasteiger partial charge in [0.15, 0.2) is 0 Å². The van der Waals surface area contributed by atoms with Crippen molar-refractivity contribution in [2.45, 2.75) is 50.6 Å². The first-order chi connectivity index (χ1) is 11.6. The topological polar surface area (TPSA) is 61.8 Å². The maximum Gasteiger partial charge on any atom is 0.222 e. The normalized spacial score (nSPS) is 22.2. The van der Waals surface area contributed by atoms with Crippen molar-refractivity contribution in [3.05, 3.63) is 29.8 Å². The Morgan fingerprint density at radius 1 is 1.33 bits per heavy atom. The molecule has 1 aliphatic heterocycles. The number of hydrogen-bond donors (Lipinski definition) is 2. The molecule has 3 rings (SSSR count). The summed E-state index contributed by atoms with van der Waals surface area (Å²) in [7, 11) is 0. The van der Waals surface area contributed by atoms with E-state index in [2.05, 4.69) is 10.2 Å². The smallest absolute Gasteiger partial charge is 0.222 e. The highest BCUT2D eigenvalue weighted by atomic mass is 16.5. The molecule has 2 aliphatic rings. The molecule has 5 nitrogen and oxygen atoms in total.